The number of pyridine rings is 1. The van der Waals surface area contributed by atoms with Crippen LogP contribution in [0.5, 0.6) is 0 Å². The molecule has 0 aliphatic carbocycles. The standard InChI is InChI=1S/C16H14F5N.C10H7N2S.C2H6N.CH3NO.U/c1-10-2-7-13(9-14(10)18)22-15(16(19,20)21)8-11-3-5-12(17)6-4-11;1-6-2-3-11-7-4-9(8-5-12-8)13-10(6)7;1-3-2;2-1-3;/h2-7,9,15,22H,8H2,1H3;2-5H,1H3;1-2H3;1H,(H2,2,3);/q;2*-1;;+2. The molecule has 0 radical (unpaired) electrons. The number of carbonyl (C=O) groups is 1. The summed E-state index contributed by atoms with van der Waals surface area (Å²) in [7, 11) is 3.50. The fourth-order valence-electron chi connectivity index (χ4n) is 3.34. The zero-order valence-electron chi connectivity index (χ0n) is 23.3. The number of nitrogens with zero attached hydrogens (tertiary/aromatic N) is 3. The number of thiophene rings is 1. The van der Waals surface area contributed by atoms with Crippen molar-refractivity contribution >= 4 is 39.3 Å². The summed E-state index contributed by atoms with van der Waals surface area (Å²) >= 11 is 1.77. The van der Waals surface area contributed by atoms with E-state index < -0.39 is 23.9 Å². The van der Waals surface area contributed by atoms with Crippen molar-refractivity contribution in [3.05, 3.63) is 111 Å². The van der Waals surface area contributed by atoms with Crippen molar-refractivity contribution in [2.45, 2.75) is 32.5 Å². The zero-order valence-corrected chi connectivity index (χ0v) is 28.3. The molecule has 4 aromatic rings. The maximum absolute atomic E-state index is 13.4. The Bertz CT molecular complexity index is 1440. The zero-order chi connectivity index (χ0) is 30.6. The molecule has 1 aliphatic rings. The summed E-state index contributed by atoms with van der Waals surface area (Å²) in [5.74, 6) is -1.09. The van der Waals surface area contributed by atoms with Gasteiger partial charge in [0, 0.05) is 23.2 Å². The second-order valence-electron chi connectivity index (χ2n) is 8.71. The van der Waals surface area contributed by atoms with Crippen LogP contribution in [0.25, 0.3) is 26.5 Å². The number of carbonyl (C=O) groups excluding carboxylic acids is 1. The minimum Gasteiger partial charge on any atom is -0.668 e. The second-order valence-corrected chi connectivity index (χ2v) is 9.76. The molecular weight excluding hydrogens is 799 g/mol. The number of fused-ring (bicyclic) bond motifs is 1. The van der Waals surface area contributed by atoms with Gasteiger partial charge in [-0.3, -0.25) is 9.78 Å². The Morgan fingerprint density at radius 3 is 2.14 bits per heavy atom. The van der Waals surface area contributed by atoms with Gasteiger partial charge in [-0.1, -0.05) is 18.2 Å². The fourth-order valence-corrected chi connectivity index (χ4v) is 4.38. The molecule has 6 nitrogen and oxygen atoms in total. The third-order valence-corrected chi connectivity index (χ3v) is 6.66. The van der Waals surface area contributed by atoms with Gasteiger partial charge in [-0.05, 0) is 66.9 Å². The average Bonchev–Trinajstić information content (AvgIpc) is 3.66. The molecule has 1 atom stereocenters. The van der Waals surface area contributed by atoms with Crippen LogP contribution >= 0.6 is 11.3 Å². The van der Waals surface area contributed by atoms with Crippen molar-refractivity contribution in [2.24, 2.45) is 5.73 Å². The van der Waals surface area contributed by atoms with Crippen molar-refractivity contribution < 1.29 is 57.9 Å². The van der Waals surface area contributed by atoms with Crippen LogP contribution in [-0.4, -0.2) is 37.7 Å². The van der Waals surface area contributed by atoms with Crippen molar-refractivity contribution in [1.29, 1.82) is 0 Å². The molecule has 2 aromatic heterocycles. The molecule has 1 amide bonds. The summed E-state index contributed by atoms with van der Waals surface area (Å²) in [4.78, 5) is 14.1. The first-order valence-electron chi connectivity index (χ1n) is 12.2. The predicted octanol–water partition coefficient (Wildman–Crippen LogP) is 7.87. The summed E-state index contributed by atoms with van der Waals surface area (Å²) in [6.45, 7) is 3.64. The number of primary amides is 1. The second kappa shape index (κ2) is 17.9. The van der Waals surface area contributed by atoms with Gasteiger partial charge < -0.3 is 21.7 Å². The Hall–Kier alpha value is -2.98. The maximum Gasteiger partial charge on any atom is 2.00 e. The summed E-state index contributed by atoms with van der Waals surface area (Å²) in [5.41, 5.74) is 8.40. The van der Waals surface area contributed by atoms with E-state index in [1.54, 1.807) is 25.4 Å². The predicted molar refractivity (Wildman–Crippen MR) is 156 cm³/mol. The van der Waals surface area contributed by atoms with Crippen LogP contribution in [0.2, 0.25) is 0 Å². The van der Waals surface area contributed by atoms with Gasteiger partial charge in [0.25, 0.3) is 0 Å². The van der Waals surface area contributed by atoms with E-state index in [0.29, 0.717) is 11.1 Å². The smallest absolute Gasteiger partial charge is 0.668 e. The molecule has 1 aliphatic heterocycles. The van der Waals surface area contributed by atoms with E-state index in [-0.39, 0.29) is 49.6 Å². The van der Waals surface area contributed by atoms with Crippen molar-refractivity contribution in [3.8, 4) is 0 Å². The van der Waals surface area contributed by atoms with E-state index in [0.717, 1.165) is 29.4 Å². The fraction of sp³-hybridized carbons (Fsp3) is 0.241. The monoisotopic (exact) mass is 829 g/mol. The number of amides is 1. The summed E-state index contributed by atoms with van der Waals surface area (Å²) in [5, 5.41) is 9.86. The van der Waals surface area contributed by atoms with E-state index >= 15 is 0 Å². The molecule has 222 valence electrons. The molecule has 13 heteroatoms. The number of halogens is 5. The van der Waals surface area contributed by atoms with Crippen LogP contribution in [0.15, 0.2) is 67.0 Å². The van der Waals surface area contributed by atoms with E-state index in [2.05, 4.69) is 39.7 Å². The minimum atomic E-state index is -4.52. The van der Waals surface area contributed by atoms with Crippen LogP contribution in [0.1, 0.15) is 21.6 Å². The van der Waals surface area contributed by atoms with E-state index in [4.69, 9.17) is 4.79 Å². The summed E-state index contributed by atoms with van der Waals surface area (Å²) < 4.78 is 66.9. The first kappa shape index (κ1) is 37.0. The number of anilines is 1. The SMILES string of the molecule is C[N-]C.Cc1ccc(NC(Cc2ccc(F)cc2)C(F)(F)F)cc1F.Cc1ccnc2cc(C3=C[N-]3)sc12.NC=O.[U+2]. The van der Waals surface area contributed by atoms with Gasteiger partial charge in [-0.25, -0.2) is 8.78 Å². The van der Waals surface area contributed by atoms with Crippen molar-refractivity contribution in [2.75, 3.05) is 19.4 Å². The number of alkyl halides is 3. The molecular formula is C29H30F5N5OSU. The maximum atomic E-state index is 13.4. The van der Waals surface area contributed by atoms with E-state index in [9.17, 15) is 22.0 Å². The van der Waals surface area contributed by atoms with E-state index in [1.807, 2.05) is 18.5 Å². The Kier molecular flexibility index (Phi) is 15.8. The molecule has 0 bridgehead atoms. The van der Waals surface area contributed by atoms with Gasteiger partial charge in [0.15, 0.2) is 0 Å². The average molecular weight is 830 g/mol. The molecule has 0 spiro atoms. The number of aryl methyl sites for hydroxylation is 2. The molecule has 0 fully saturated rings. The largest absolute Gasteiger partial charge is 2.00 e. The Morgan fingerprint density at radius 2 is 1.64 bits per heavy atom. The third kappa shape index (κ3) is 12.1. The number of rotatable bonds is 5. The Balaban J connectivity index is 0.000000372. The molecule has 5 rings (SSSR count). The van der Waals surface area contributed by atoms with Gasteiger partial charge in [0.2, 0.25) is 6.41 Å². The summed E-state index contributed by atoms with van der Waals surface area (Å²) in [6, 6.07) is 10.9. The normalized spacial score (nSPS) is 11.9. The van der Waals surface area contributed by atoms with Gasteiger partial charge in [0.1, 0.15) is 17.7 Å². The van der Waals surface area contributed by atoms with Crippen LogP contribution in [0.3, 0.4) is 0 Å². The molecule has 42 heavy (non-hydrogen) atoms. The molecule has 1 unspecified atom stereocenters. The first-order valence-corrected chi connectivity index (χ1v) is 13.0. The molecule has 2 aromatic carbocycles. The summed E-state index contributed by atoms with van der Waals surface area (Å²) in [6.07, 6.45) is -0.901. The van der Waals surface area contributed by atoms with Crippen molar-refractivity contribution in [3.63, 3.8) is 0 Å². The number of nitrogens with two attached hydrogens (primary N) is 1. The Morgan fingerprint density at radius 1 is 1.05 bits per heavy atom. The van der Waals surface area contributed by atoms with Gasteiger partial charge in [-0.2, -0.15) is 33.5 Å². The topological polar surface area (TPSA) is 96.2 Å². The van der Waals surface area contributed by atoms with Crippen LogP contribution < -0.4 is 11.1 Å². The molecule has 0 saturated carbocycles. The number of aromatic nitrogens is 1. The van der Waals surface area contributed by atoms with Crippen LogP contribution in [0, 0.1) is 56.6 Å². The van der Waals surface area contributed by atoms with Crippen LogP contribution in [-0.2, 0) is 11.2 Å². The molecule has 0 saturated heterocycles. The minimum absolute atomic E-state index is 0. The van der Waals surface area contributed by atoms with Gasteiger partial charge in [0.05, 0.1) is 10.2 Å². The molecule has 3 N–H and O–H groups in total. The van der Waals surface area contributed by atoms with Gasteiger partial charge >= 0.3 is 37.3 Å². The van der Waals surface area contributed by atoms with Crippen molar-refractivity contribution in [1.82, 2.24) is 4.98 Å². The first-order chi connectivity index (χ1) is 19.4. The van der Waals surface area contributed by atoms with Crippen LogP contribution in [0.4, 0.5) is 27.6 Å². The number of nitrogens with one attached hydrogen (secondary N) is 1. The quantitative estimate of drug-likeness (QED) is 0.159. The Labute approximate surface area is 269 Å². The number of hydrogen-bond donors (Lipinski definition) is 2. The van der Waals surface area contributed by atoms with Gasteiger partial charge in [-0.15, -0.1) is 17.0 Å². The van der Waals surface area contributed by atoms with E-state index in [1.165, 1.54) is 46.3 Å². The number of benzene rings is 2. The molecule has 3 heterocycles. The third-order valence-electron chi connectivity index (χ3n) is 5.38. The number of hydrogen-bond acceptors (Lipinski definition) is 4.